The van der Waals surface area contributed by atoms with E-state index in [0.717, 1.165) is 22.3 Å². The van der Waals surface area contributed by atoms with E-state index in [1.807, 2.05) is 91.9 Å². The fourth-order valence-electron chi connectivity index (χ4n) is 3.32. The highest BCUT2D eigenvalue weighted by molar-refractivity contribution is 5.77. The maximum Gasteiger partial charge on any atom is 0.249 e. The zero-order valence-corrected chi connectivity index (χ0v) is 17.9. The van der Waals surface area contributed by atoms with Gasteiger partial charge >= 0.3 is 0 Å². The summed E-state index contributed by atoms with van der Waals surface area (Å²) in [5.74, 6) is 0.616. The molecule has 0 saturated heterocycles. The van der Waals surface area contributed by atoms with Gasteiger partial charge in [-0.05, 0) is 18.1 Å². The van der Waals surface area contributed by atoms with Crippen molar-refractivity contribution in [2.75, 3.05) is 6.61 Å². The highest BCUT2D eigenvalue weighted by Crippen LogP contribution is 2.22. The quantitative estimate of drug-likeness (QED) is 0.420. The van der Waals surface area contributed by atoms with E-state index in [4.69, 9.17) is 9.26 Å². The van der Waals surface area contributed by atoms with Gasteiger partial charge in [0, 0.05) is 12.0 Å². The van der Waals surface area contributed by atoms with Crippen LogP contribution < -0.4 is 5.32 Å². The summed E-state index contributed by atoms with van der Waals surface area (Å²) >= 11 is 0. The molecule has 0 saturated carbocycles. The molecule has 1 atom stereocenters. The van der Waals surface area contributed by atoms with Crippen molar-refractivity contribution < 1.29 is 14.1 Å². The van der Waals surface area contributed by atoms with Gasteiger partial charge in [-0.2, -0.15) is 4.98 Å². The summed E-state index contributed by atoms with van der Waals surface area (Å²) in [6.07, 6.45) is 0.529. The second-order valence-corrected chi connectivity index (χ2v) is 7.61. The summed E-state index contributed by atoms with van der Waals surface area (Å²) < 4.78 is 11.1. The largest absolute Gasteiger partial charge is 0.367 e. The van der Waals surface area contributed by atoms with Crippen molar-refractivity contribution in [3.8, 4) is 11.4 Å². The SMILES string of the molecule is Cc1ccc(-c2noc([C@@H](Cc3ccccc3)NC(=O)COCc3ccccc3)n2)cc1. The standard InChI is InChI=1S/C26H25N3O3/c1-19-12-14-22(15-13-19)25-28-26(32-29-25)23(16-20-8-4-2-5-9-20)27-24(30)18-31-17-21-10-6-3-7-11-21/h2-15,23H,16-18H2,1H3,(H,27,30)/t23-/m1/s1. The molecule has 4 rings (SSSR count). The van der Waals surface area contributed by atoms with E-state index in [2.05, 4.69) is 15.5 Å². The molecule has 32 heavy (non-hydrogen) atoms. The molecule has 0 fully saturated rings. The maximum absolute atomic E-state index is 12.6. The third-order valence-electron chi connectivity index (χ3n) is 5.01. The minimum Gasteiger partial charge on any atom is -0.367 e. The van der Waals surface area contributed by atoms with Gasteiger partial charge in [0.2, 0.25) is 17.6 Å². The monoisotopic (exact) mass is 427 g/mol. The molecule has 1 heterocycles. The average Bonchev–Trinajstić information content (AvgIpc) is 3.31. The number of aryl methyl sites for hydroxylation is 1. The van der Waals surface area contributed by atoms with Crippen LogP contribution in [0.2, 0.25) is 0 Å². The Hall–Kier alpha value is -3.77. The van der Waals surface area contributed by atoms with Crippen LogP contribution in [0.4, 0.5) is 0 Å². The van der Waals surface area contributed by atoms with Gasteiger partial charge < -0.3 is 14.6 Å². The van der Waals surface area contributed by atoms with Crippen LogP contribution >= 0.6 is 0 Å². The molecule has 1 N–H and O–H groups in total. The summed E-state index contributed by atoms with van der Waals surface area (Å²) in [5, 5.41) is 7.10. The zero-order valence-electron chi connectivity index (χ0n) is 17.9. The minimum atomic E-state index is -0.461. The van der Waals surface area contributed by atoms with Gasteiger partial charge in [-0.25, -0.2) is 0 Å². The third-order valence-corrected chi connectivity index (χ3v) is 5.01. The summed E-state index contributed by atoms with van der Waals surface area (Å²) in [5.41, 5.74) is 4.09. The molecule has 0 radical (unpaired) electrons. The molecule has 0 bridgehead atoms. The Morgan fingerprint density at radius 1 is 0.938 bits per heavy atom. The number of hydrogen-bond acceptors (Lipinski definition) is 5. The Kier molecular flexibility index (Phi) is 7.05. The number of aromatic nitrogens is 2. The predicted octanol–water partition coefficient (Wildman–Crippen LogP) is 4.66. The minimum absolute atomic E-state index is 0.0564. The van der Waals surface area contributed by atoms with Crippen molar-refractivity contribution in [2.45, 2.75) is 26.0 Å². The van der Waals surface area contributed by atoms with E-state index in [-0.39, 0.29) is 12.5 Å². The number of hydrogen-bond donors (Lipinski definition) is 1. The Labute approximate surface area is 187 Å². The Morgan fingerprint density at radius 3 is 2.28 bits per heavy atom. The molecule has 162 valence electrons. The Morgan fingerprint density at radius 2 is 1.59 bits per heavy atom. The first-order valence-corrected chi connectivity index (χ1v) is 10.5. The first kappa shape index (κ1) is 21.5. The fraction of sp³-hybridized carbons (Fsp3) is 0.192. The number of carbonyl (C=O) groups is 1. The summed E-state index contributed by atoms with van der Waals surface area (Å²) in [6.45, 7) is 2.34. The van der Waals surface area contributed by atoms with Gasteiger partial charge in [-0.3, -0.25) is 4.79 Å². The first-order chi connectivity index (χ1) is 15.7. The van der Waals surface area contributed by atoms with Crippen LogP contribution in [0.15, 0.2) is 89.5 Å². The number of benzene rings is 3. The molecule has 0 aliphatic rings. The van der Waals surface area contributed by atoms with Crippen molar-refractivity contribution in [3.63, 3.8) is 0 Å². The van der Waals surface area contributed by atoms with Crippen LogP contribution in [-0.2, 0) is 22.6 Å². The number of ether oxygens (including phenoxy) is 1. The number of nitrogens with one attached hydrogen (secondary N) is 1. The second kappa shape index (κ2) is 10.5. The normalized spacial score (nSPS) is 11.8. The van der Waals surface area contributed by atoms with Gasteiger partial charge in [0.25, 0.3) is 0 Å². The fourth-order valence-corrected chi connectivity index (χ4v) is 3.32. The van der Waals surface area contributed by atoms with Crippen molar-refractivity contribution >= 4 is 5.91 Å². The lowest BCUT2D eigenvalue weighted by atomic mass is 10.1. The Balaban J connectivity index is 1.45. The second-order valence-electron chi connectivity index (χ2n) is 7.61. The summed E-state index contributed by atoms with van der Waals surface area (Å²) in [7, 11) is 0. The highest BCUT2D eigenvalue weighted by Gasteiger charge is 2.22. The molecular formula is C26H25N3O3. The number of nitrogens with zero attached hydrogens (tertiary/aromatic N) is 2. The van der Waals surface area contributed by atoms with Crippen LogP contribution in [0.1, 0.15) is 28.6 Å². The van der Waals surface area contributed by atoms with Crippen LogP contribution in [0.5, 0.6) is 0 Å². The molecule has 6 heteroatoms. The smallest absolute Gasteiger partial charge is 0.249 e. The molecule has 0 spiro atoms. The number of rotatable bonds is 9. The van der Waals surface area contributed by atoms with E-state index >= 15 is 0 Å². The van der Waals surface area contributed by atoms with E-state index in [0.29, 0.717) is 24.7 Å². The summed E-state index contributed by atoms with van der Waals surface area (Å²) in [6, 6.07) is 27.1. The number of amides is 1. The lowest BCUT2D eigenvalue weighted by molar-refractivity contribution is -0.127. The molecular weight excluding hydrogens is 402 g/mol. The van der Waals surface area contributed by atoms with Crippen LogP contribution in [0.3, 0.4) is 0 Å². The van der Waals surface area contributed by atoms with E-state index in [1.54, 1.807) is 0 Å². The molecule has 3 aromatic carbocycles. The van der Waals surface area contributed by atoms with Gasteiger partial charge in [0.1, 0.15) is 12.6 Å². The highest BCUT2D eigenvalue weighted by atomic mass is 16.5. The molecule has 0 unspecified atom stereocenters. The molecule has 1 aromatic heterocycles. The van der Waals surface area contributed by atoms with E-state index < -0.39 is 6.04 Å². The van der Waals surface area contributed by atoms with Crippen molar-refractivity contribution in [3.05, 3.63) is 108 Å². The first-order valence-electron chi connectivity index (χ1n) is 10.5. The molecule has 0 aliphatic heterocycles. The van der Waals surface area contributed by atoms with Crippen molar-refractivity contribution in [1.82, 2.24) is 15.5 Å². The lowest BCUT2D eigenvalue weighted by Crippen LogP contribution is -2.33. The van der Waals surface area contributed by atoms with Gasteiger partial charge in [0.15, 0.2) is 0 Å². The van der Waals surface area contributed by atoms with Gasteiger partial charge in [0.05, 0.1) is 6.61 Å². The molecule has 6 nitrogen and oxygen atoms in total. The van der Waals surface area contributed by atoms with Crippen molar-refractivity contribution in [1.29, 1.82) is 0 Å². The zero-order chi connectivity index (χ0) is 22.2. The third kappa shape index (κ3) is 5.89. The van der Waals surface area contributed by atoms with E-state index in [9.17, 15) is 4.79 Å². The molecule has 0 aliphatic carbocycles. The lowest BCUT2D eigenvalue weighted by Gasteiger charge is -2.15. The summed E-state index contributed by atoms with van der Waals surface area (Å²) in [4.78, 5) is 17.1. The molecule has 4 aromatic rings. The van der Waals surface area contributed by atoms with E-state index in [1.165, 1.54) is 0 Å². The van der Waals surface area contributed by atoms with Crippen molar-refractivity contribution in [2.24, 2.45) is 0 Å². The van der Waals surface area contributed by atoms with Crippen LogP contribution in [0.25, 0.3) is 11.4 Å². The predicted molar refractivity (Wildman–Crippen MR) is 122 cm³/mol. The maximum atomic E-state index is 12.6. The number of carbonyl (C=O) groups excluding carboxylic acids is 1. The molecule has 1 amide bonds. The van der Waals surface area contributed by atoms with Crippen LogP contribution in [0, 0.1) is 6.92 Å². The van der Waals surface area contributed by atoms with Gasteiger partial charge in [-0.1, -0.05) is 95.6 Å². The topological polar surface area (TPSA) is 77.2 Å². The van der Waals surface area contributed by atoms with Crippen LogP contribution in [-0.4, -0.2) is 22.7 Å². The Bertz CT molecular complexity index is 1130. The van der Waals surface area contributed by atoms with Gasteiger partial charge in [-0.15, -0.1) is 0 Å². The average molecular weight is 428 g/mol.